The van der Waals surface area contributed by atoms with Crippen molar-refractivity contribution in [1.82, 2.24) is 8.80 Å². The Morgan fingerprint density at radius 1 is 0.329 bits per heavy atom. The number of hydrogen-bond donors (Lipinski definition) is 0. The van der Waals surface area contributed by atoms with E-state index in [0.717, 1.165) is 49.8 Å². The van der Waals surface area contributed by atoms with E-state index in [2.05, 4.69) is 222 Å². The predicted octanol–water partition coefficient (Wildman–Crippen LogP) is 19.7. The monoisotopic (exact) mass is 961 g/mol. The first-order valence-electron chi connectivity index (χ1n) is 26.1. The van der Waals surface area contributed by atoms with E-state index >= 15 is 0 Å². The van der Waals surface area contributed by atoms with Crippen molar-refractivity contribution in [2.75, 3.05) is 0 Å². The van der Waals surface area contributed by atoms with Crippen LogP contribution >= 0.6 is 0 Å². The summed E-state index contributed by atoms with van der Waals surface area (Å²) in [5.74, 6) is 0. The highest BCUT2D eigenvalue weighted by Crippen LogP contribution is 2.48. The van der Waals surface area contributed by atoms with Crippen molar-refractivity contribution in [3.8, 4) is 39.4 Å². The van der Waals surface area contributed by atoms with Gasteiger partial charge in [0.1, 0.15) is 11.2 Å². The molecule has 0 amide bonds. The van der Waals surface area contributed by atoms with Gasteiger partial charge in [-0.3, -0.25) is 0 Å². The predicted molar refractivity (Wildman–Crippen MR) is 319 cm³/mol. The summed E-state index contributed by atoms with van der Waals surface area (Å²) in [7, 11) is 0. The Balaban J connectivity index is 0.843. The van der Waals surface area contributed by atoms with Gasteiger partial charge in [-0.15, -0.1) is 0 Å². The Kier molecular flexibility index (Phi) is 7.58. The first-order chi connectivity index (χ1) is 37.5. The first-order valence-corrected chi connectivity index (χ1v) is 26.1. The molecule has 13 aromatic carbocycles. The highest BCUT2D eigenvalue weighted by Gasteiger charge is 2.24. The summed E-state index contributed by atoms with van der Waals surface area (Å²) in [6.45, 7) is 2.14. The SMILES string of the molecule is Cc1ccc(C#N)cc1-c1cc2c3cc4ccccc4cc3n3c4cc5ccc(-c6ccc7cc8c(cc7c6)c6cc(-c7cccc9c7oc7ccccc79)cc7c9cc%10ccccc%10cc9n8c76)cc5cc4c(c1)c23. The molecule has 18 rings (SSSR count). The van der Waals surface area contributed by atoms with Crippen LogP contribution in [0.1, 0.15) is 11.1 Å². The second-order valence-electron chi connectivity index (χ2n) is 21.2. The third-order valence-electron chi connectivity index (χ3n) is 17.2. The van der Waals surface area contributed by atoms with Crippen LogP contribution in [0.3, 0.4) is 0 Å². The summed E-state index contributed by atoms with van der Waals surface area (Å²) in [6.07, 6.45) is 0. The molecule has 0 aliphatic rings. The number of nitrogens with zero attached hydrogens (tertiary/aromatic N) is 3. The van der Waals surface area contributed by atoms with Gasteiger partial charge in [0.25, 0.3) is 0 Å². The van der Waals surface area contributed by atoms with E-state index in [9.17, 15) is 5.26 Å². The summed E-state index contributed by atoms with van der Waals surface area (Å²) in [6, 6.07) is 83.2. The molecule has 5 aromatic heterocycles. The summed E-state index contributed by atoms with van der Waals surface area (Å²) in [5, 5.41) is 31.8. The minimum absolute atomic E-state index is 0.666. The number of aryl methyl sites for hydroxylation is 1. The van der Waals surface area contributed by atoms with E-state index in [1.807, 2.05) is 18.2 Å². The van der Waals surface area contributed by atoms with Crippen molar-refractivity contribution in [2.45, 2.75) is 6.92 Å². The van der Waals surface area contributed by atoms with Crippen molar-refractivity contribution >= 4 is 141 Å². The molecule has 0 spiro atoms. The zero-order valence-corrected chi connectivity index (χ0v) is 41.0. The maximum absolute atomic E-state index is 9.96. The van der Waals surface area contributed by atoms with Crippen LogP contribution in [0.15, 0.2) is 223 Å². The Bertz CT molecular complexity index is 5680. The van der Waals surface area contributed by atoms with E-state index in [1.54, 1.807) is 0 Å². The van der Waals surface area contributed by atoms with Crippen molar-refractivity contribution < 1.29 is 4.42 Å². The van der Waals surface area contributed by atoms with Gasteiger partial charge < -0.3 is 13.2 Å². The molecule has 0 aliphatic heterocycles. The van der Waals surface area contributed by atoms with Crippen LogP contribution in [0.4, 0.5) is 0 Å². The van der Waals surface area contributed by atoms with Crippen LogP contribution < -0.4 is 0 Å². The largest absolute Gasteiger partial charge is 0.455 e. The second-order valence-corrected chi connectivity index (χ2v) is 21.2. The fourth-order valence-electron chi connectivity index (χ4n) is 13.6. The van der Waals surface area contributed by atoms with Crippen molar-refractivity contribution in [2.24, 2.45) is 0 Å². The van der Waals surface area contributed by atoms with Gasteiger partial charge in [-0.05, 0) is 187 Å². The summed E-state index contributed by atoms with van der Waals surface area (Å²) < 4.78 is 11.7. The smallest absolute Gasteiger partial charge is 0.143 e. The van der Waals surface area contributed by atoms with Gasteiger partial charge in [-0.1, -0.05) is 115 Å². The van der Waals surface area contributed by atoms with Crippen LogP contribution in [-0.4, -0.2) is 8.80 Å². The van der Waals surface area contributed by atoms with Gasteiger partial charge in [0, 0.05) is 59.4 Å². The molecule has 0 saturated heterocycles. The van der Waals surface area contributed by atoms with Crippen molar-refractivity contribution in [3.63, 3.8) is 0 Å². The van der Waals surface area contributed by atoms with E-state index in [0.29, 0.717) is 5.56 Å². The molecule has 0 atom stereocenters. The van der Waals surface area contributed by atoms with Gasteiger partial charge in [-0.25, -0.2) is 0 Å². The molecule has 0 unspecified atom stereocenters. The number of para-hydroxylation sites is 2. The fraction of sp³-hybridized carbons (Fsp3) is 0.0139. The molecule has 348 valence electrons. The number of rotatable bonds is 3. The lowest BCUT2D eigenvalue weighted by Crippen LogP contribution is -1.86. The lowest BCUT2D eigenvalue weighted by atomic mass is 9.94. The Morgan fingerprint density at radius 2 is 0.776 bits per heavy atom. The first kappa shape index (κ1) is 40.3. The summed E-state index contributed by atoms with van der Waals surface area (Å²) in [4.78, 5) is 0. The number of aromatic nitrogens is 2. The molecule has 0 N–H and O–H groups in total. The molecule has 5 heterocycles. The number of nitriles is 1. The Morgan fingerprint density at radius 3 is 1.30 bits per heavy atom. The molecule has 76 heavy (non-hydrogen) atoms. The molecular weight excluding hydrogens is 923 g/mol. The third kappa shape index (κ3) is 5.30. The minimum Gasteiger partial charge on any atom is -0.455 e. The number of furan rings is 1. The van der Waals surface area contributed by atoms with Crippen molar-refractivity contribution in [3.05, 3.63) is 230 Å². The topological polar surface area (TPSA) is 45.8 Å². The standard InChI is InChI=1S/C72H39N3O/c1-39-17-18-40(38-73)23-56(39)52-32-63-58-27-42-10-3-5-12-44(42)35-66(58)75-68-37-48-22-20-46(25-50(48)29-60(68)64(33-52)71(63)75)45-19-21-47-36-67-59(28-49(47)24-45)62-31-51(53-14-8-15-55-54-13-6-7-16-69(54)76-72(53)55)30-61-57-26-41-9-2-4-11-43(41)34-65(57)74(67)70(61)62/h2-37H,1H3. The van der Waals surface area contributed by atoms with Gasteiger partial charge >= 0.3 is 0 Å². The van der Waals surface area contributed by atoms with Crippen LogP contribution in [0.25, 0.3) is 175 Å². The maximum atomic E-state index is 9.96. The summed E-state index contributed by atoms with van der Waals surface area (Å²) >= 11 is 0. The number of benzene rings is 13. The molecule has 4 nitrogen and oxygen atoms in total. The minimum atomic E-state index is 0.666. The molecule has 0 fully saturated rings. The van der Waals surface area contributed by atoms with Crippen LogP contribution in [0.5, 0.6) is 0 Å². The van der Waals surface area contributed by atoms with Crippen LogP contribution in [0, 0.1) is 18.3 Å². The molecule has 0 saturated carbocycles. The molecule has 0 radical (unpaired) electrons. The van der Waals surface area contributed by atoms with E-state index in [1.165, 1.54) is 130 Å². The molecular formula is C72H39N3O. The average molecular weight is 962 g/mol. The third-order valence-corrected chi connectivity index (χ3v) is 17.2. The van der Waals surface area contributed by atoms with Crippen LogP contribution in [-0.2, 0) is 0 Å². The Hall–Kier alpha value is -10.2. The lowest BCUT2D eigenvalue weighted by molar-refractivity contribution is 0.670. The van der Waals surface area contributed by atoms with Crippen molar-refractivity contribution in [1.29, 1.82) is 5.26 Å². The maximum Gasteiger partial charge on any atom is 0.143 e. The number of hydrogen-bond acceptors (Lipinski definition) is 2. The number of fused-ring (bicyclic) bond motifs is 19. The van der Waals surface area contributed by atoms with Gasteiger partial charge in [-0.2, -0.15) is 5.26 Å². The van der Waals surface area contributed by atoms with E-state index in [4.69, 9.17) is 4.42 Å². The van der Waals surface area contributed by atoms with Gasteiger partial charge in [0.15, 0.2) is 0 Å². The quantitative estimate of drug-likeness (QED) is 0.177. The lowest BCUT2D eigenvalue weighted by Gasteiger charge is -2.09. The van der Waals surface area contributed by atoms with Gasteiger partial charge in [0.2, 0.25) is 0 Å². The zero-order valence-electron chi connectivity index (χ0n) is 41.0. The highest BCUT2D eigenvalue weighted by atomic mass is 16.3. The van der Waals surface area contributed by atoms with Crippen LogP contribution in [0.2, 0.25) is 0 Å². The van der Waals surface area contributed by atoms with E-state index in [-0.39, 0.29) is 0 Å². The summed E-state index contributed by atoms with van der Waals surface area (Å²) in [5.41, 5.74) is 17.8. The second kappa shape index (κ2) is 14.3. The average Bonchev–Trinajstić information content (AvgIpc) is 4.36. The van der Waals surface area contributed by atoms with E-state index < -0.39 is 0 Å². The molecule has 0 aliphatic carbocycles. The molecule has 18 aromatic rings. The normalized spacial score (nSPS) is 12.5. The fourth-order valence-corrected chi connectivity index (χ4v) is 13.6. The molecule has 4 heteroatoms. The Labute approximate surface area is 433 Å². The zero-order chi connectivity index (χ0) is 49.7. The molecule has 0 bridgehead atoms. The van der Waals surface area contributed by atoms with Gasteiger partial charge in [0.05, 0.1) is 44.7 Å². The highest BCUT2D eigenvalue weighted by molar-refractivity contribution is 6.29.